The van der Waals surface area contributed by atoms with Crippen LogP contribution in [-0.2, 0) is 12.1 Å². The van der Waals surface area contributed by atoms with Crippen molar-refractivity contribution in [2.24, 2.45) is 0 Å². The molecule has 0 amide bonds. The Morgan fingerprint density at radius 2 is 1.81 bits per heavy atom. The predicted molar refractivity (Wildman–Crippen MR) is 84.1 cm³/mol. The second kappa shape index (κ2) is 5.16. The first-order chi connectivity index (χ1) is 10.1. The molecule has 0 bridgehead atoms. The summed E-state index contributed by atoms with van der Waals surface area (Å²) in [7, 11) is 0. The van der Waals surface area contributed by atoms with E-state index in [1.54, 1.807) is 6.33 Å². The van der Waals surface area contributed by atoms with Crippen LogP contribution in [0.4, 0.5) is 5.82 Å². The smallest absolute Gasteiger partial charge is 0.165 e. The van der Waals surface area contributed by atoms with Gasteiger partial charge in [-0.2, -0.15) is 0 Å². The normalized spacial score (nSPS) is 11.8. The Hall–Kier alpha value is -2.43. The quantitative estimate of drug-likeness (QED) is 0.801. The van der Waals surface area contributed by atoms with Crippen LogP contribution in [0, 0.1) is 0 Å². The van der Waals surface area contributed by atoms with Crippen LogP contribution >= 0.6 is 0 Å². The number of hydrogen-bond donors (Lipinski definition) is 1. The summed E-state index contributed by atoms with van der Waals surface area (Å²) in [5, 5.41) is 3.34. The molecule has 0 aliphatic rings. The highest BCUT2D eigenvalue weighted by atomic mass is 15.2. The van der Waals surface area contributed by atoms with Gasteiger partial charge in [0.1, 0.15) is 11.8 Å². The lowest BCUT2D eigenvalue weighted by atomic mass is 10.1. The molecule has 2 heterocycles. The molecule has 1 aromatic carbocycles. The third-order valence-electron chi connectivity index (χ3n) is 3.36. The molecule has 0 fully saturated rings. The van der Waals surface area contributed by atoms with E-state index in [1.165, 1.54) is 5.56 Å². The lowest BCUT2D eigenvalue weighted by Crippen LogP contribution is -2.21. The number of rotatable bonds is 3. The molecule has 3 aromatic rings. The molecule has 0 radical (unpaired) electrons. The van der Waals surface area contributed by atoms with Gasteiger partial charge in [0.2, 0.25) is 0 Å². The number of fused-ring (bicyclic) bond motifs is 1. The molecule has 1 N–H and O–H groups in total. The summed E-state index contributed by atoms with van der Waals surface area (Å²) in [5.41, 5.74) is 2.82. The van der Waals surface area contributed by atoms with Crippen molar-refractivity contribution in [3.05, 3.63) is 48.5 Å². The molecule has 108 valence electrons. The molecule has 3 rings (SSSR count). The zero-order chi connectivity index (χ0) is 14.9. The molecule has 2 aromatic heterocycles. The SMILES string of the molecule is CC(C)(C)n1cnc2c(NCc3ccccc3)ncnc21. The van der Waals surface area contributed by atoms with E-state index in [4.69, 9.17) is 0 Å². The number of anilines is 1. The van der Waals surface area contributed by atoms with Crippen molar-refractivity contribution in [1.82, 2.24) is 19.5 Å². The summed E-state index contributed by atoms with van der Waals surface area (Å²) in [6.45, 7) is 7.11. The highest BCUT2D eigenvalue weighted by molar-refractivity contribution is 5.82. The zero-order valence-corrected chi connectivity index (χ0v) is 12.5. The topological polar surface area (TPSA) is 55.6 Å². The standard InChI is InChI=1S/C16H19N5/c1-16(2,3)21-11-20-13-14(18-10-19-15(13)21)17-9-12-7-5-4-6-8-12/h4-8,10-11H,9H2,1-3H3,(H,17,18,19). The summed E-state index contributed by atoms with van der Waals surface area (Å²) in [6, 6.07) is 10.2. The zero-order valence-electron chi connectivity index (χ0n) is 12.5. The van der Waals surface area contributed by atoms with Gasteiger partial charge in [-0.15, -0.1) is 0 Å². The minimum absolute atomic E-state index is 0.0558. The fourth-order valence-electron chi connectivity index (χ4n) is 2.24. The summed E-state index contributed by atoms with van der Waals surface area (Å²) in [5.74, 6) is 0.770. The van der Waals surface area contributed by atoms with Gasteiger partial charge in [-0.05, 0) is 26.3 Å². The van der Waals surface area contributed by atoms with Crippen LogP contribution in [0.1, 0.15) is 26.3 Å². The summed E-state index contributed by atoms with van der Waals surface area (Å²) in [4.78, 5) is 13.2. The van der Waals surface area contributed by atoms with Gasteiger partial charge in [-0.1, -0.05) is 30.3 Å². The number of nitrogens with one attached hydrogen (secondary N) is 1. The van der Waals surface area contributed by atoms with Gasteiger partial charge in [-0.3, -0.25) is 0 Å². The van der Waals surface area contributed by atoms with Crippen molar-refractivity contribution < 1.29 is 0 Å². The fourth-order valence-corrected chi connectivity index (χ4v) is 2.24. The van der Waals surface area contributed by atoms with Gasteiger partial charge in [0.05, 0.1) is 6.33 Å². The van der Waals surface area contributed by atoms with Gasteiger partial charge in [0, 0.05) is 12.1 Å². The third-order valence-corrected chi connectivity index (χ3v) is 3.36. The Kier molecular flexibility index (Phi) is 3.33. The van der Waals surface area contributed by atoms with Crippen molar-refractivity contribution in [3.63, 3.8) is 0 Å². The van der Waals surface area contributed by atoms with Crippen LogP contribution in [0.3, 0.4) is 0 Å². The van der Waals surface area contributed by atoms with Crippen molar-refractivity contribution in [3.8, 4) is 0 Å². The first-order valence-corrected chi connectivity index (χ1v) is 7.02. The average Bonchev–Trinajstić information content (AvgIpc) is 2.90. The lowest BCUT2D eigenvalue weighted by molar-refractivity contribution is 0.406. The van der Waals surface area contributed by atoms with Gasteiger partial charge in [0.25, 0.3) is 0 Å². The van der Waals surface area contributed by atoms with Crippen LogP contribution < -0.4 is 5.32 Å². The van der Waals surface area contributed by atoms with E-state index < -0.39 is 0 Å². The molecule has 21 heavy (non-hydrogen) atoms. The van der Waals surface area contributed by atoms with Crippen molar-refractivity contribution in [2.45, 2.75) is 32.9 Å². The number of imidazole rings is 1. The van der Waals surface area contributed by atoms with Crippen molar-refractivity contribution >= 4 is 17.0 Å². The molecule has 0 aliphatic carbocycles. The fraction of sp³-hybridized carbons (Fsp3) is 0.312. The largest absolute Gasteiger partial charge is 0.364 e. The van der Waals surface area contributed by atoms with Crippen LogP contribution in [0.5, 0.6) is 0 Å². The first kappa shape index (κ1) is 13.5. The molecule has 5 heteroatoms. The van der Waals surface area contributed by atoms with E-state index in [1.807, 2.05) is 24.5 Å². The van der Waals surface area contributed by atoms with Crippen molar-refractivity contribution in [1.29, 1.82) is 0 Å². The summed E-state index contributed by atoms with van der Waals surface area (Å²) < 4.78 is 2.07. The maximum atomic E-state index is 4.47. The monoisotopic (exact) mass is 281 g/mol. The van der Waals surface area contributed by atoms with Gasteiger partial charge >= 0.3 is 0 Å². The minimum Gasteiger partial charge on any atom is -0.364 e. The summed E-state index contributed by atoms with van der Waals surface area (Å²) >= 11 is 0. The lowest BCUT2D eigenvalue weighted by Gasteiger charge is -2.20. The van der Waals surface area contributed by atoms with Gasteiger partial charge in [0.15, 0.2) is 11.5 Å². The Labute approximate surface area is 124 Å². The Morgan fingerprint density at radius 3 is 2.52 bits per heavy atom. The van der Waals surface area contributed by atoms with Gasteiger partial charge < -0.3 is 9.88 Å². The first-order valence-electron chi connectivity index (χ1n) is 7.02. The number of nitrogens with zero attached hydrogens (tertiary/aromatic N) is 4. The van der Waals surface area contributed by atoms with Crippen molar-refractivity contribution in [2.75, 3.05) is 5.32 Å². The molecule has 5 nitrogen and oxygen atoms in total. The highest BCUT2D eigenvalue weighted by Gasteiger charge is 2.18. The number of aromatic nitrogens is 4. The molecule has 0 unspecified atom stereocenters. The second-order valence-electron chi connectivity index (χ2n) is 6.02. The van der Waals surface area contributed by atoms with Crippen LogP contribution in [0.25, 0.3) is 11.2 Å². The van der Waals surface area contributed by atoms with E-state index in [2.05, 4.69) is 57.7 Å². The maximum Gasteiger partial charge on any atom is 0.165 e. The molecular formula is C16H19N5. The predicted octanol–water partition coefficient (Wildman–Crippen LogP) is 3.19. The highest BCUT2D eigenvalue weighted by Crippen LogP contribution is 2.23. The molecule has 0 spiro atoms. The average molecular weight is 281 g/mol. The minimum atomic E-state index is -0.0558. The molecule has 0 saturated carbocycles. The number of benzene rings is 1. The van der Waals surface area contributed by atoms with Gasteiger partial charge in [-0.25, -0.2) is 15.0 Å². The molecular weight excluding hydrogens is 262 g/mol. The van der Waals surface area contributed by atoms with E-state index in [9.17, 15) is 0 Å². The third kappa shape index (κ3) is 2.72. The van der Waals surface area contributed by atoms with Crippen LogP contribution in [-0.4, -0.2) is 19.5 Å². The Bertz CT molecular complexity index is 740. The molecule has 0 saturated heterocycles. The Balaban J connectivity index is 1.91. The molecule has 0 aliphatic heterocycles. The number of hydrogen-bond acceptors (Lipinski definition) is 4. The van der Waals surface area contributed by atoms with E-state index >= 15 is 0 Å². The second-order valence-corrected chi connectivity index (χ2v) is 6.02. The Morgan fingerprint density at radius 1 is 1.05 bits per heavy atom. The van der Waals surface area contributed by atoms with E-state index in [-0.39, 0.29) is 5.54 Å². The molecule has 0 atom stereocenters. The van der Waals surface area contributed by atoms with E-state index in [0.29, 0.717) is 0 Å². The van der Waals surface area contributed by atoms with Crippen LogP contribution in [0.15, 0.2) is 43.0 Å². The summed E-state index contributed by atoms with van der Waals surface area (Å²) in [6.07, 6.45) is 3.41. The van der Waals surface area contributed by atoms with Crippen LogP contribution in [0.2, 0.25) is 0 Å². The van der Waals surface area contributed by atoms with E-state index in [0.717, 1.165) is 23.5 Å². The maximum absolute atomic E-state index is 4.47.